The second-order valence-electron chi connectivity index (χ2n) is 5.92. The van der Waals surface area contributed by atoms with Crippen LogP contribution < -0.4 is 21.7 Å². The number of hydrogen-bond acceptors (Lipinski definition) is 6. The van der Waals surface area contributed by atoms with Gasteiger partial charge < -0.3 is 16.4 Å². The molecular formula is C18H17ClN6O3. The van der Waals surface area contributed by atoms with E-state index in [-0.39, 0.29) is 23.0 Å². The molecule has 1 aliphatic rings. The smallest absolute Gasteiger partial charge is 0.267 e. The molecule has 1 aliphatic heterocycles. The van der Waals surface area contributed by atoms with Crippen LogP contribution in [-0.4, -0.2) is 42.1 Å². The first-order valence-electron chi connectivity index (χ1n) is 8.23. The van der Waals surface area contributed by atoms with E-state index in [1.54, 1.807) is 24.3 Å². The molecule has 0 radical (unpaired) electrons. The molecule has 1 aromatic carbocycles. The number of hydrogen-bond donors (Lipinski definition) is 4. The summed E-state index contributed by atoms with van der Waals surface area (Å²) in [6.07, 6.45) is 2.84. The maximum atomic E-state index is 12.3. The molecule has 1 atom stereocenters. The first-order valence-corrected chi connectivity index (χ1v) is 8.61. The van der Waals surface area contributed by atoms with Crippen LogP contribution in [0.4, 0.5) is 5.69 Å². The van der Waals surface area contributed by atoms with Gasteiger partial charge in [-0.2, -0.15) is 0 Å². The highest BCUT2D eigenvalue weighted by Crippen LogP contribution is 2.28. The van der Waals surface area contributed by atoms with Gasteiger partial charge in [-0.1, -0.05) is 23.7 Å². The number of carbonyl (C=O) groups excluding carboxylic acids is 3. The summed E-state index contributed by atoms with van der Waals surface area (Å²) in [5.74, 6) is -1.67. The number of nitrogens with two attached hydrogens (primary N) is 1. The minimum atomic E-state index is -1.54. The van der Waals surface area contributed by atoms with E-state index in [0.29, 0.717) is 11.3 Å². The summed E-state index contributed by atoms with van der Waals surface area (Å²) < 4.78 is 0. The minimum absolute atomic E-state index is 0.0112. The number of amides is 3. The van der Waals surface area contributed by atoms with Crippen molar-refractivity contribution in [2.24, 2.45) is 10.7 Å². The molecule has 3 amide bonds. The maximum Gasteiger partial charge on any atom is 0.267 e. The monoisotopic (exact) mass is 400 g/mol. The second kappa shape index (κ2) is 7.75. The molecule has 3 rings (SSSR count). The van der Waals surface area contributed by atoms with Gasteiger partial charge in [0, 0.05) is 25.1 Å². The molecule has 5 N–H and O–H groups in total. The van der Waals surface area contributed by atoms with E-state index in [0.717, 1.165) is 0 Å². The van der Waals surface area contributed by atoms with Crippen molar-refractivity contribution < 1.29 is 14.4 Å². The van der Waals surface area contributed by atoms with Gasteiger partial charge in [-0.05, 0) is 23.8 Å². The number of carbonyl (C=O) groups is 3. The molecule has 2 heterocycles. The molecule has 1 aromatic heterocycles. The van der Waals surface area contributed by atoms with Gasteiger partial charge in [0.25, 0.3) is 11.8 Å². The number of halogens is 1. The molecule has 0 spiro atoms. The number of aromatic nitrogens is 1. The number of anilines is 1. The summed E-state index contributed by atoms with van der Waals surface area (Å²) in [4.78, 5) is 44.7. The summed E-state index contributed by atoms with van der Waals surface area (Å²) in [6, 6.07) is 7.86. The molecular weight excluding hydrogens is 384 g/mol. The van der Waals surface area contributed by atoms with Gasteiger partial charge in [0.05, 0.1) is 17.3 Å². The molecule has 0 saturated carbocycles. The number of pyridine rings is 1. The Kier molecular flexibility index (Phi) is 5.39. The topological polar surface area (TPSA) is 139 Å². The SMILES string of the molecule is CNC(=O)C1=NCNC1(C(N)=O)c1ccc(NC(=O)c2ccncc2Cl)cc1. The van der Waals surface area contributed by atoms with Crippen LogP contribution in [0.2, 0.25) is 5.02 Å². The predicted octanol–water partition coefficient (Wildman–Crippen LogP) is 0.416. The molecule has 144 valence electrons. The van der Waals surface area contributed by atoms with Gasteiger partial charge in [-0.15, -0.1) is 0 Å². The quantitative estimate of drug-likeness (QED) is 0.576. The summed E-state index contributed by atoms with van der Waals surface area (Å²) >= 11 is 5.98. The van der Waals surface area contributed by atoms with Gasteiger partial charge in [-0.25, -0.2) is 0 Å². The Labute approximate surface area is 165 Å². The van der Waals surface area contributed by atoms with Crippen molar-refractivity contribution in [1.82, 2.24) is 15.6 Å². The Bertz CT molecular complexity index is 976. The van der Waals surface area contributed by atoms with E-state index < -0.39 is 23.3 Å². The van der Waals surface area contributed by atoms with Gasteiger partial charge in [0.15, 0.2) is 5.54 Å². The Morgan fingerprint density at radius 1 is 1.18 bits per heavy atom. The van der Waals surface area contributed by atoms with Crippen molar-refractivity contribution in [2.75, 3.05) is 19.0 Å². The van der Waals surface area contributed by atoms with Gasteiger partial charge >= 0.3 is 0 Å². The lowest BCUT2D eigenvalue weighted by molar-refractivity contribution is -0.123. The zero-order chi connectivity index (χ0) is 20.3. The molecule has 0 saturated heterocycles. The van der Waals surface area contributed by atoms with Crippen LogP contribution in [0, 0.1) is 0 Å². The van der Waals surface area contributed by atoms with Crippen molar-refractivity contribution in [2.45, 2.75) is 5.54 Å². The Balaban J connectivity index is 1.88. The lowest BCUT2D eigenvalue weighted by Gasteiger charge is -2.27. The average Bonchev–Trinajstić information content (AvgIpc) is 3.14. The van der Waals surface area contributed by atoms with Crippen molar-refractivity contribution >= 4 is 40.7 Å². The number of benzene rings is 1. The molecule has 0 fully saturated rings. The van der Waals surface area contributed by atoms with E-state index in [2.05, 4.69) is 25.9 Å². The zero-order valence-electron chi connectivity index (χ0n) is 14.8. The van der Waals surface area contributed by atoms with Crippen LogP contribution in [0.1, 0.15) is 15.9 Å². The first-order chi connectivity index (χ1) is 13.4. The standard InChI is InChI=1S/C18H17ClN6O3/c1-21-16(27)14-18(17(20)28,24-9-23-14)10-2-4-11(5-3-10)25-15(26)12-6-7-22-8-13(12)19/h2-8,24H,9H2,1H3,(H2,20,28)(H,21,27)(H,25,26). The Hall–Kier alpha value is -3.30. The number of rotatable bonds is 5. The third-order valence-electron chi connectivity index (χ3n) is 4.34. The van der Waals surface area contributed by atoms with E-state index in [1.165, 1.54) is 25.5 Å². The zero-order valence-corrected chi connectivity index (χ0v) is 15.6. The molecule has 1 unspecified atom stereocenters. The minimum Gasteiger partial charge on any atom is -0.367 e. The third-order valence-corrected chi connectivity index (χ3v) is 4.64. The molecule has 0 bridgehead atoms. The highest BCUT2D eigenvalue weighted by Gasteiger charge is 2.49. The van der Waals surface area contributed by atoms with E-state index >= 15 is 0 Å². The second-order valence-corrected chi connectivity index (χ2v) is 6.33. The number of aliphatic imine (C=N–C) groups is 1. The Morgan fingerprint density at radius 3 is 2.50 bits per heavy atom. The van der Waals surface area contributed by atoms with E-state index in [9.17, 15) is 14.4 Å². The first kappa shape index (κ1) is 19.5. The van der Waals surface area contributed by atoms with Crippen molar-refractivity contribution in [1.29, 1.82) is 0 Å². The lowest BCUT2D eigenvalue weighted by atomic mass is 9.84. The molecule has 2 aromatic rings. The normalized spacial score (nSPS) is 18.3. The summed E-state index contributed by atoms with van der Waals surface area (Å²) in [5, 5.41) is 8.28. The highest BCUT2D eigenvalue weighted by atomic mass is 35.5. The van der Waals surface area contributed by atoms with Crippen molar-refractivity contribution in [3.63, 3.8) is 0 Å². The largest absolute Gasteiger partial charge is 0.367 e. The van der Waals surface area contributed by atoms with E-state index in [4.69, 9.17) is 17.3 Å². The Morgan fingerprint density at radius 2 is 1.89 bits per heavy atom. The lowest BCUT2D eigenvalue weighted by Crippen LogP contribution is -2.58. The molecule has 9 nitrogen and oxygen atoms in total. The third kappa shape index (κ3) is 3.32. The fraction of sp³-hybridized carbons (Fsp3) is 0.167. The molecule has 10 heteroatoms. The van der Waals surface area contributed by atoms with Crippen LogP contribution >= 0.6 is 11.6 Å². The number of nitrogens with zero attached hydrogens (tertiary/aromatic N) is 2. The highest BCUT2D eigenvalue weighted by molar-refractivity contribution is 6.47. The van der Waals surface area contributed by atoms with Crippen LogP contribution in [-0.2, 0) is 15.1 Å². The van der Waals surface area contributed by atoms with Crippen LogP contribution in [0.3, 0.4) is 0 Å². The molecule has 0 aliphatic carbocycles. The van der Waals surface area contributed by atoms with Gasteiger partial charge in [0.2, 0.25) is 5.91 Å². The fourth-order valence-corrected chi connectivity index (χ4v) is 3.15. The van der Waals surface area contributed by atoms with Crippen LogP contribution in [0.5, 0.6) is 0 Å². The maximum absolute atomic E-state index is 12.3. The van der Waals surface area contributed by atoms with Crippen molar-refractivity contribution in [3.05, 3.63) is 58.9 Å². The number of nitrogens with one attached hydrogen (secondary N) is 3. The number of primary amides is 1. The predicted molar refractivity (Wildman–Crippen MR) is 104 cm³/mol. The van der Waals surface area contributed by atoms with Crippen LogP contribution in [0.15, 0.2) is 47.7 Å². The van der Waals surface area contributed by atoms with E-state index in [1.807, 2.05) is 0 Å². The average molecular weight is 401 g/mol. The fourth-order valence-electron chi connectivity index (χ4n) is 2.95. The van der Waals surface area contributed by atoms with Gasteiger partial charge in [0.1, 0.15) is 5.71 Å². The summed E-state index contributed by atoms with van der Waals surface area (Å²) in [7, 11) is 1.44. The summed E-state index contributed by atoms with van der Waals surface area (Å²) in [5.41, 5.74) is 5.23. The summed E-state index contributed by atoms with van der Waals surface area (Å²) in [6.45, 7) is 0.0741. The molecule has 28 heavy (non-hydrogen) atoms. The van der Waals surface area contributed by atoms with Crippen molar-refractivity contribution in [3.8, 4) is 0 Å². The van der Waals surface area contributed by atoms with Gasteiger partial charge in [-0.3, -0.25) is 29.7 Å². The van der Waals surface area contributed by atoms with Crippen LogP contribution in [0.25, 0.3) is 0 Å².